The van der Waals surface area contributed by atoms with E-state index in [4.69, 9.17) is 10.4 Å². The number of carboxylic acids is 1. The van der Waals surface area contributed by atoms with E-state index in [2.05, 4.69) is 16.4 Å². The lowest BCUT2D eigenvalue weighted by Crippen LogP contribution is -2.51. The van der Waals surface area contributed by atoms with Crippen LogP contribution in [0.4, 0.5) is 5.82 Å². The van der Waals surface area contributed by atoms with E-state index in [0.29, 0.717) is 23.5 Å². The molecule has 6 heteroatoms. The van der Waals surface area contributed by atoms with Crippen LogP contribution in [-0.2, 0) is 4.79 Å². The summed E-state index contributed by atoms with van der Waals surface area (Å²) in [6.07, 6.45) is 3.42. The molecule has 0 bridgehead atoms. The maximum atomic E-state index is 10.8. The molecule has 0 amide bonds. The average molecular weight is 274 g/mol. The summed E-state index contributed by atoms with van der Waals surface area (Å²) < 4.78 is 0. The van der Waals surface area contributed by atoms with Gasteiger partial charge in [-0.15, -0.1) is 0 Å². The van der Waals surface area contributed by atoms with Crippen molar-refractivity contribution in [2.24, 2.45) is 0 Å². The molecule has 0 radical (unpaired) electrons. The van der Waals surface area contributed by atoms with Crippen molar-refractivity contribution in [1.29, 1.82) is 5.26 Å². The quantitative estimate of drug-likeness (QED) is 0.812. The van der Waals surface area contributed by atoms with E-state index in [0.717, 1.165) is 19.4 Å². The van der Waals surface area contributed by atoms with E-state index < -0.39 is 5.97 Å². The van der Waals surface area contributed by atoms with Gasteiger partial charge in [-0.3, -0.25) is 9.69 Å². The number of aromatic nitrogens is 1. The number of nitriles is 1. The lowest BCUT2D eigenvalue weighted by molar-refractivity contribution is -0.139. The predicted molar refractivity (Wildman–Crippen MR) is 74.3 cm³/mol. The summed E-state index contributed by atoms with van der Waals surface area (Å²) in [6, 6.07) is 6.08. The van der Waals surface area contributed by atoms with Gasteiger partial charge >= 0.3 is 5.97 Å². The summed E-state index contributed by atoms with van der Waals surface area (Å²) in [5, 5.41) is 21.0. The Balaban J connectivity index is 1.84. The van der Waals surface area contributed by atoms with Crippen molar-refractivity contribution in [1.82, 2.24) is 9.88 Å². The van der Waals surface area contributed by atoms with Gasteiger partial charge in [-0.2, -0.15) is 5.26 Å². The number of likely N-dealkylation sites (N-methyl/N-ethyl adjacent to an activating group) is 1. The van der Waals surface area contributed by atoms with Crippen molar-refractivity contribution >= 4 is 11.8 Å². The highest BCUT2D eigenvalue weighted by Gasteiger charge is 2.33. The Bertz CT molecular complexity index is 520. The molecule has 0 aliphatic heterocycles. The highest BCUT2D eigenvalue weighted by molar-refractivity contribution is 5.69. The maximum Gasteiger partial charge on any atom is 0.317 e. The van der Waals surface area contributed by atoms with Crippen molar-refractivity contribution in [3.63, 3.8) is 0 Å². The molecule has 0 saturated heterocycles. The van der Waals surface area contributed by atoms with Crippen LogP contribution >= 0.6 is 0 Å². The Morgan fingerprint density at radius 3 is 3.00 bits per heavy atom. The second kappa shape index (κ2) is 6.35. The van der Waals surface area contributed by atoms with Gasteiger partial charge in [0, 0.05) is 18.3 Å². The molecule has 1 aromatic heterocycles. The topological polar surface area (TPSA) is 89.3 Å². The zero-order valence-electron chi connectivity index (χ0n) is 11.4. The summed E-state index contributed by atoms with van der Waals surface area (Å²) >= 11 is 0. The number of pyridine rings is 1. The van der Waals surface area contributed by atoms with E-state index in [1.165, 1.54) is 0 Å². The van der Waals surface area contributed by atoms with Crippen molar-refractivity contribution in [2.75, 3.05) is 18.4 Å². The fourth-order valence-electron chi connectivity index (χ4n) is 2.46. The molecule has 1 aliphatic rings. The molecule has 1 heterocycles. The van der Waals surface area contributed by atoms with Gasteiger partial charge in [-0.1, -0.05) is 6.92 Å². The minimum atomic E-state index is -0.786. The number of hydrogen-bond acceptors (Lipinski definition) is 5. The Kier molecular flexibility index (Phi) is 4.53. The van der Waals surface area contributed by atoms with Crippen LogP contribution in [0.2, 0.25) is 0 Å². The Labute approximate surface area is 118 Å². The molecule has 1 saturated carbocycles. The second-order valence-corrected chi connectivity index (χ2v) is 4.96. The number of anilines is 1. The minimum absolute atomic E-state index is 0.0933. The first kappa shape index (κ1) is 14.3. The molecule has 0 aromatic carbocycles. The van der Waals surface area contributed by atoms with Crippen LogP contribution in [0.25, 0.3) is 0 Å². The van der Waals surface area contributed by atoms with E-state index in [-0.39, 0.29) is 6.54 Å². The van der Waals surface area contributed by atoms with E-state index in [9.17, 15) is 4.79 Å². The predicted octanol–water partition coefficient (Wildman–Crippen LogP) is 1.30. The molecular weight excluding hydrogens is 256 g/mol. The molecule has 0 atom stereocenters. The van der Waals surface area contributed by atoms with Crippen molar-refractivity contribution in [3.8, 4) is 6.07 Å². The Hall–Kier alpha value is -2.13. The Morgan fingerprint density at radius 1 is 1.65 bits per heavy atom. The summed E-state index contributed by atoms with van der Waals surface area (Å²) in [5.74, 6) is -0.0829. The van der Waals surface area contributed by atoms with Crippen molar-refractivity contribution in [2.45, 2.75) is 31.8 Å². The summed E-state index contributed by atoms with van der Waals surface area (Å²) in [6.45, 7) is 2.81. The molecule has 106 valence electrons. The first-order valence-electron chi connectivity index (χ1n) is 6.71. The van der Waals surface area contributed by atoms with Gasteiger partial charge in [0.15, 0.2) is 0 Å². The Morgan fingerprint density at radius 2 is 2.40 bits per heavy atom. The van der Waals surface area contributed by atoms with Crippen LogP contribution < -0.4 is 5.32 Å². The SMILES string of the molecule is CCN(CC(=O)O)C1CC(Nc2cc(C#N)ccn2)C1. The van der Waals surface area contributed by atoms with E-state index in [1.54, 1.807) is 18.3 Å². The van der Waals surface area contributed by atoms with E-state index >= 15 is 0 Å². The molecular formula is C14H18N4O2. The standard InChI is InChI=1S/C14H18N4O2/c1-2-18(9-14(19)20)12-6-11(7-12)17-13-5-10(8-15)3-4-16-13/h3-5,11-12H,2,6-7,9H2,1H3,(H,16,17)(H,19,20). The molecule has 0 spiro atoms. The lowest BCUT2D eigenvalue weighted by atomic mass is 9.85. The van der Waals surface area contributed by atoms with Crippen LogP contribution in [0.1, 0.15) is 25.3 Å². The van der Waals surface area contributed by atoms with Gasteiger partial charge in [0.1, 0.15) is 5.82 Å². The maximum absolute atomic E-state index is 10.8. The third kappa shape index (κ3) is 3.45. The van der Waals surface area contributed by atoms with Gasteiger partial charge in [-0.05, 0) is 31.5 Å². The summed E-state index contributed by atoms with van der Waals surface area (Å²) in [4.78, 5) is 16.9. The van der Waals surface area contributed by atoms with Crippen LogP contribution in [-0.4, -0.2) is 46.1 Å². The van der Waals surface area contributed by atoms with Crippen molar-refractivity contribution < 1.29 is 9.90 Å². The fourth-order valence-corrected chi connectivity index (χ4v) is 2.46. The molecule has 20 heavy (non-hydrogen) atoms. The first-order chi connectivity index (χ1) is 9.62. The summed E-state index contributed by atoms with van der Waals surface area (Å²) in [5.41, 5.74) is 0.583. The number of carboxylic acid groups (broad SMARTS) is 1. The van der Waals surface area contributed by atoms with Gasteiger partial charge in [-0.25, -0.2) is 4.98 Å². The zero-order valence-corrected chi connectivity index (χ0v) is 11.4. The highest BCUT2D eigenvalue weighted by Crippen LogP contribution is 2.28. The number of rotatable bonds is 6. The molecule has 1 aliphatic carbocycles. The third-order valence-corrected chi connectivity index (χ3v) is 3.62. The van der Waals surface area contributed by atoms with Crippen LogP contribution in [0, 0.1) is 11.3 Å². The lowest BCUT2D eigenvalue weighted by Gasteiger charge is -2.42. The summed E-state index contributed by atoms with van der Waals surface area (Å²) in [7, 11) is 0. The van der Waals surface area contributed by atoms with Crippen LogP contribution in [0.5, 0.6) is 0 Å². The smallest absolute Gasteiger partial charge is 0.317 e. The second-order valence-electron chi connectivity index (χ2n) is 4.96. The van der Waals surface area contributed by atoms with Gasteiger partial charge in [0.25, 0.3) is 0 Å². The normalized spacial score (nSPS) is 21.1. The van der Waals surface area contributed by atoms with Crippen LogP contribution in [0.15, 0.2) is 18.3 Å². The van der Waals surface area contributed by atoms with Gasteiger partial charge in [0.2, 0.25) is 0 Å². The van der Waals surface area contributed by atoms with Crippen LogP contribution in [0.3, 0.4) is 0 Å². The first-order valence-corrected chi connectivity index (χ1v) is 6.71. The minimum Gasteiger partial charge on any atom is -0.480 e. The monoisotopic (exact) mass is 274 g/mol. The molecule has 1 aromatic rings. The number of hydrogen-bond donors (Lipinski definition) is 2. The number of nitrogens with one attached hydrogen (secondary N) is 1. The fraction of sp³-hybridized carbons (Fsp3) is 0.500. The number of aliphatic carboxylic acids is 1. The van der Waals surface area contributed by atoms with Crippen molar-refractivity contribution in [3.05, 3.63) is 23.9 Å². The molecule has 2 rings (SSSR count). The van der Waals surface area contributed by atoms with Gasteiger partial charge < -0.3 is 10.4 Å². The molecule has 2 N–H and O–H groups in total. The number of carbonyl (C=O) groups is 1. The largest absolute Gasteiger partial charge is 0.480 e. The number of nitrogens with zero attached hydrogens (tertiary/aromatic N) is 3. The zero-order chi connectivity index (χ0) is 14.5. The highest BCUT2D eigenvalue weighted by atomic mass is 16.4. The molecule has 0 unspecified atom stereocenters. The molecule has 6 nitrogen and oxygen atoms in total. The average Bonchev–Trinajstić information content (AvgIpc) is 2.40. The third-order valence-electron chi connectivity index (χ3n) is 3.62. The van der Waals surface area contributed by atoms with E-state index in [1.807, 2.05) is 11.8 Å². The van der Waals surface area contributed by atoms with Gasteiger partial charge in [0.05, 0.1) is 18.2 Å². The molecule has 1 fully saturated rings.